The maximum atomic E-state index is 13.2. The van der Waals surface area contributed by atoms with Crippen molar-refractivity contribution in [1.29, 1.82) is 0 Å². The third kappa shape index (κ3) is 4.07. The van der Waals surface area contributed by atoms with Crippen molar-refractivity contribution >= 4 is 39.0 Å². The molecule has 158 valence electrons. The zero-order valence-corrected chi connectivity index (χ0v) is 17.8. The summed E-state index contributed by atoms with van der Waals surface area (Å²) in [4.78, 5) is 20.0. The van der Waals surface area contributed by atoms with Gasteiger partial charge >= 0.3 is 0 Å². The van der Waals surface area contributed by atoms with Gasteiger partial charge in [0.05, 0.1) is 20.9 Å². The van der Waals surface area contributed by atoms with Crippen LogP contribution in [0.1, 0.15) is 5.89 Å². The quantitative estimate of drug-likeness (QED) is 0.135. The molecule has 0 bridgehead atoms. The molecule has 8 nitrogen and oxygen atoms in total. The third-order valence-electron chi connectivity index (χ3n) is 4.53. The topological polar surface area (TPSA) is 108 Å². The summed E-state index contributed by atoms with van der Waals surface area (Å²) in [5, 5.41) is 19.7. The fourth-order valence-electron chi connectivity index (χ4n) is 2.98. The summed E-state index contributed by atoms with van der Waals surface area (Å²) in [5.41, 5.74) is 2.32. The molecule has 0 unspecified atom stereocenters. The molecule has 32 heavy (non-hydrogen) atoms. The molecule has 0 spiro atoms. The molecule has 0 N–H and O–H groups in total. The van der Waals surface area contributed by atoms with Crippen LogP contribution in [-0.4, -0.2) is 25.1 Å². The minimum atomic E-state index is -0.464. The first kappa shape index (κ1) is 20.2. The third-order valence-corrected chi connectivity index (χ3v) is 6.82. The first-order valence-electron chi connectivity index (χ1n) is 9.27. The second-order valence-corrected chi connectivity index (χ2v) is 8.62. The molecule has 0 aliphatic rings. The van der Waals surface area contributed by atoms with Gasteiger partial charge in [-0.1, -0.05) is 23.9 Å². The van der Waals surface area contributed by atoms with E-state index in [4.69, 9.17) is 4.42 Å². The Balaban J connectivity index is 1.34. The smallest absolute Gasteiger partial charge is 0.269 e. The summed E-state index contributed by atoms with van der Waals surface area (Å²) >= 11 is 2.98. The maximum Gasteiger partial charge on any atom is 0.269 e. The van der Waals surface area contributed by atoms with E-state index in [1.165, 1.54) is 53.7 Å². The van der Waals surface area contributed by atoms with E-state index in [9.17, 15) is 14.5 Å². The Morgan fingerprint density at radius 3 is 2.53 bits per heavy atom. The number of hydrogen-bond donors (Lipinski definition) is 0. The average molecular weight is 465 g/mol. The Labute approximate surface area is 188 Å². The van der Waals surface area contributed by atoms with E-state index < -0.39 is 4.92 Å². The number of fused-ring (bicyclic) bond motifs is 1. The molecule has 0 fully saturated rings. The van der Waals surface area contributed by atoms with E-state index in [-0.39, 0.29) is 17.4 Å². The van der Waals surface area contributed by atoms with Gasteiger partial charge in [-0.25, -0.2) is 14.4 Å². The number of non-ortho nitro benzene ring substituents is 1. The summed E-state index contributed by atoms with van der Waals surface area (Å²) < 4.78 is 19.8. The van der Waals surface area contributed by atoms with E-state index in [2.05, 4.69) is 20.2 Å². The van der Waals surface area contributed by atoms with E-state index in [0.717, 1.165) is 25.7 Å². The lowest BCUT2D eigenvalue weighted by molar-refractivity contribution is -0.384. The maximum absolute atomic E-state index is 13.2. The van der Waals surface area contributed by atoms with Gasteiger partial charge in [-0.3, -0.25) is 10.1 Å². The van der Waals surface area contributed by atoms with Crippen LogP contribution < -0.4 is 0 Å². The fraction of sp³-hybridized carbons (Fsp3) is 0.0476. The molecule has 3 heterocycles. The number of aromatic nitrogens is 4. The Kier molecular flexibility index (Phi) is 5.33. The highest BCUT2D eigenvalue weighted by Crippen LogP contribution is 2.37. The van der Waals surface area contributed by atoms with Crippen molar-refractivity contribution in [1.82, 2.24) is 20.2 Å². The zero-order chi connectivity index (χ0) is 22.1. The van der Waals surface area contributed by atoms with Crippen molar-refractivity contribution in [2.75, 3.05) is 0 Å². The fourth-order valence-corrected chi connectivity index (χ4v) is 5.01. The van der Waals surface area contributed by atoms with Crippen LogP contribution in [-0.2, 0) is 5.75 Å². The van der Waals surface area contributed by atoms with E-state index in [1.54, 1.807) is 24.3 Å². The number of hydrogen-bond acceptors (Lipinski definition) is 9. The highest BCUT2D eigenvalue weighted by Gasteiger charge is 2.14. The predicted molar refractivity (Wildman–Crippen MR) is 119 cm³/mol. The highest BCUT2D eigenvalue weighted by molar-refractivity contribution is 7.98. The van der Waals surface area contributed by atoms with Gasteiger partial charge in [-0.2, -0.15) is 0 Å². The SMILES string of the molecule is O=[N+]([O-])c1ccc(-c2nnc(CSc3ncnc4cc(-c5ccc(F)cc5)sc34)o2)cc1. The number of rotatable bonds is 6. The van der Waals surface area contributed by atoms with E-state index in [0.29, 0.717) is 17.2 Å². The molecule has 0 aliphatic carbocycles. The minimum Gasteiger partial charge on any atom is -0.420 e. The van der Waals surface area contributed by atoms with Crippen LogP contribution in [0.5, 0.6) is 0 Å². The zero-order valence-electron chi connectivity index (χ0n) is 16.1. The average Bonchev–Trinajstić information content (AvgIpc) is 3.46. The van der Waals surface area contributed by atoms with E-state index in [1.807, 2.05) is 6.07 Å². The highest BCUT2D eigenvalue weighted by atomic mass is 32.2. The number of benzene rings is 2. The van der Waals surface area contributed by atoms with Gasteiger partial charge in [-0.15, -0.1) is 21.5 Å². The van der Waals surface area contributed by atoms with Crippen LogP contribution in [0.15, 0.2) is 70.4 Å². The Morgan fingerprint density at radius 2 is 1.78 bits per heavy atom. The van der Waals surface area contributed by atoms with Gasteiger partial charge in [0.25, 0.3) is 5.69 Å². The van der Waals surface area contributed by atoms with Crippen molar-refractivity contribution in [2.45, 2.75) is 10.8 Å². The van der Waals surface area contributed by atoms with Gasteiger partial charge < -0.3 is 4.42 Å². The summed E-state index contributed by atoms with van der Waals surface area (Å²) in [6.45, 7) is 0. The van der Waals surface area contributed by atoms with Crippen LogP contribution in [0.3, 0.4) is 0 Å². The van der Waals surface area contributed by atoms with Gasteiger partial charge in [0.15, 0.2) is 0 Å². The van der Waals surface area contributed by atoms with Crippen LogP contribution in [0.25, 0.3) is 32.1 Å². The number of halogens is 1. The van der Waals surface area contributed by atoms with Gasteiger partial charge in [0.2, 0.25) is 11.8 Å². The molecular formula is C21H12FN5O3S2. The number of thioether (sulfide) groups is 1. The van der Waals surface area contributed by atoms with E-state index >= 15 is 0 Å². The molecule has 0 aliphatic heterocycles. The molecule has 0 radical (unpaired) electrons. The molecule has 0 atom stereocenters. The van der Waals surface area contributed by atoms with Crippen LogP contribution >= 0.6 is 23.1 Å². The van der Waals surface area contributed by atoms with Crippen molar-refractivity contribution in [2.24, 2.45) is 0 Å². The molecule has 5 aromatic rings. The molecule has 0 saturated heterocycles. The summed E-state index contributed by atoms with van der Waals surface area (Å²) in [6.07, 6.45) is 1.50. The Morgan fingerprint density at radius 1 is 1.03 bits per heavy atom. The molecule has 0 saturated carbocycles. The number of nitro groups is 1. The first-order chi connectivity index (χ1) is 15.6. The lowest BCUT2D eigenvalue weighted by atomic mass is 10.2. The summed E-state index contributed by atoms with van der Waals surface area (Å²) in [5.74, 6) is 0.817. The van der Waals surface area contributed by atoms with Gasteiger partial charge in [-0.05, 0) is 35.9 Å². The van der Waals surface area contributed by atoms with Crippen LogP contribution in [0.4, 0.5) is 10.1 Å². The molecule has 2 aromatic carbocycles. The Hall–Kier alpha value is -3.70. The lowest BCUT2D eigenvalue weighted by Gasteiger charge is -1.99. The standard InChI is InChI=1S/C21H12FN5O3S2/c22-14-5-1-12(2-6-14)17-9-16-19(32-17)21(24-11-23-16)31-10-18-25-26-20(30-18)13-3-7-15(8-4-13)27(28)29/h1-9,11H,10H2. The number of nitro benzene ring substituents is 1. The monoisotopic (exact) mass is 465 g/mol. The van der Waals surface area contributed by atoms with Crippen LogP contribution in [0, 0.1) is 15.9 Å². The molecule has 3 aromatic heterocycles. The summed E-state index contributed by atoms with van der Waals surface area (Å²) in [6, 6.07) is 14.2. The van der Waals surface area contributed by atoms with Gasteiger partial charge in [0, 0.05) is 22.6 Å². The first-order valence-corrected chi connectivity index (χ1v) is 11.1. The number of thiophene rings is 1. The van der Waals surface area contributed by atoms with Gasteiger partial charge in [0.1, 0.15) is 17.2 Å². The lowest BCUT2D eigenvalue weighted by Crippen LogP contribution is -1.87. The van der Waals surface area contributed by atoms with Crippen molar-refractivity contribution in [3.63, 3.8) is 0 Å². The number of nitrogens with zero attached hydrogens (tertiary/aromatic N) is 5. The van der Waals surface area contributed by atoms with Crippen molar-refractivity contribution < 1.29 is 13.7 Å². The van der Waals surface area contributed by atoms with Crippen molar-refractivity contribution in [3.8, 4) is 21.9 Å². The normalized spacial score (nSPS) is 11.2. The minimum absolute atomic E-state index is 0.00669. The largest absolute Gasteiger partial charge is 0.420 e. The Bertz CT molecular complexity index is 1420. The molecule has 0 amide bonds. The second kappa shape index (κ2) is 8.44. The molecular weight excluding hydrogens is 453 g/mol. The second-order valence-electron chi connectivity index (χ2n) is 6.60. The predicted octanol–water partition coefficient (Wildman–Crippen LogP) is 5.75. The van der Waals surface area contributed by atoms with Crippen LogP contribution in [0.2, 0.25) is 0 Å². The summed E-state index contributed by atoms with van der Waals surface area (Å²) in [7, 11) is 0. The molecule has 5 rings (SSSR count). The molecule has 11 heteroatoms. The van der Waals surface area contributed by atoms with Crippen molar-refractivity contribution in [3.05, 3.63) is 82.7 Å².